The third-order valence-electron chi connectivity index (χ3n) is 12.1. The van der Waals surface area contributed by atoms with Crippen molar-refractivity contribution in [3.8, 4) is 33.4 Å². The van der Waals surface area contributed by atoms with E-state index in [1.807, 2.05) is 0 Å². The Labute approximate surface area is 298 Å². The zero-order chi connectivity index (χ0) is 33.7. The minimum atomic E-state index is -0.113. The lowest BCUT2D eigenvalue weighted by Crippen LogP contribution is -2.16. The highest BCUT2D eigenvalue weighted by Crippen LogP contribution is 2.53. The summed E-state index contributed by atoms with van der Waals surface area (Å²) in [6.45, 7) is 4.79. The molecule has 0 atom stereocenters. The molecule has 0 spiro atoms. The van der Waals surface area contributed by atoms with Gasteiger partial charge in [-0.15, -0.1) is 0 Å². The van der Waals surface area contributed by atoms with E-state index in [-0.39, 0.29) is 5.41 Å². The van der Waals surface area contributed by atoms with E-state index in [1.54, 1.807) is 0 Å². The number of benzene rings is 6. The van der Waals surface area contributed by atoms with Crippen LogP contribution in [0.1, 0.15) is 92.5 Å². The molecule has 1 nitrogen and oxygen atoms in total. The summed E-state index contributed by atoms with van der Waals surface area (Å²) >= 11 is 0. The van der Waals surface area contributed by atoms with Gasteiger partial charge in [-0.25, -0.2) is 0 Å². The fraction of sp³-hybridized carbons (Fsp3) is 0.265. The van der Waals surface area contributed by atoms with Crippen LogP contribution in [0, 0.1) is 0 Å². The summed E-state index contributed by atoms with van der Waals surface area (Å²) in [5, 5.41) is 0. The Morgan fingerprint density at radius 1 is 0.480 bits per heavy atom. The van der Waals surface area contributed by atoms with Gasteiger partial charge in [-0.2, -0.15) is 0 Å². The van der Waals surface area contributed by atoms with Crippen LogP contribution in [0.2, 0.25) is 0 Å². The Morgan fingerprint density at radius 3 is 1.92 bits per heavy atom. The van der Waals surface area contributed by atoms with Gasteiger partial charge in [0.05, 0.1) is 0 Å². The van der Waals surface area contributed by atoms with Crippen LogP contribution in [0.5, 0.6) is 0 Å². The van der Waals surface area contributed by atoms with E-state index in [9.17, 15) is 0 Å². The maximum absolute atomic E-state index is 2.47. The van der Waals surface area contributed by atoms with Gasteiger partial charge in [0.25, 0.3) is 0 Å². The van der Waals surface area contributed by atoms with Crippen LogP contribution in [0.15, 0.2) is 133 Å². The highest BCUT2D eigenvalue weighted by Gasteiger charge is 2.37. The number of anilines is 3. The van der Waals surface area contributed by atoms with Gasteiger partial charge in [0, 0.05) is 22.5 Å². The van der Waals surface area contributed by atoms with E-state index in [1.165, 1.54) is 136 Å². The second kappa shape index (κ2) is 12.8. The molecule has 0 radical (unpaired) electrons. The topological polar surface area (TPSA) is 3.24 Å². The lowest BCUT2D eigenvalue weighted by Gasteiger charge is -2.29. The van der Waals surface area contributed by atoms with Crippen LogP contribution in [-0.2, 0) is 18.3 Å². The molecule has 3 aliphatic carbocycles. The number of nitrogens with zero attached hydrogens (tertiary/aromatic N) is 1. The molecule has 248 valence electrons. The van der Waals surface area contributed by atoms with Gasteiger partial charge in [-0.3, -0.25) is 0 Å². The molecule has 9 rings (SSSR count). The Hall–Kier alpha value is -4.88. The molecular formula is C49H47N. The molecule has 6 aromatic carbocycles. The molecule has 0 unspecified atom stereocenters. The first kappa shape index (κ1) is 31.1. The van der Waals surface area contributed by atoms with E-state index >= 15 is 0 Å². The van der Waals surface area contributed by atoms with Gasteiger partial charge in [0.1, 0.15) is 0 Å². The van der Waals surface area contributed by atoms with Crippen molar-refractivity contribution in [3.63, 3.8) is 0 Å². The molecule has 3 aliphatic rings. The second-order valence-electron chi connectivity index (χ2n) is 15.4. The summed E-state index contributed by atoms with van der Waals surface area (Å²) in [5.74, 6) is 0.695. The fourth-order valence-electron chi connectivity index (χ4n) is 9.27. The Kier molecular flexibility index (Phi) is 7.96. The van der Waals surface area contributed by atoms with Crippen LogP contribution >= 0.6 is 0 Å². The maximum atomic E-state index is 2.47. The second-order valence-corrected chi connectivity index (χ2v) is 15.4. The molecule has 0 aliphatic heterocycles. The van der Waals surface area contributed by atoms with Crippen LogP contribution < -0.4 is 4.90 Å². The van der Waals surface area contributed by atoms with Crippen molar-refractivity contribution < 1.29 is 0 Å². The molecule has 0 amide bonds. The monoisotopic (exact) mass is 649 g/mol. The Bertz CT molecular complexity index is 2150. The van der Waals surface area contributed by atoms with Crippen LogP contribution in [0.3, 0.4) is 0 Å². The molecule has 0 heterocycles. The van der Waals surface area contributed by atoms with E-state index in [0.29, 0.717) is 5.92 Å². The first-order valence-corrected chi connectivity index (χ1v) is 19.0. The summed E-state index contributed by atoms with van der Waals surface area (Å²) in [4.78, 5) is 2.47. The molecule has 6 aromatic rings. The summed E-state index contributed by atoms with van der Waals surface area (Å²) < 4.78 is 0. The quantitative estimate of drug-likeness (QED) is 0.174. The summed E-state index contributed by atoms with van der Waals surface area (Å²) in [6, 6.07) is 50.9. The van der Waals surface area contributed by atoms with Crippen molar-refractivity contribution >= 4 is 17.1 Å². The molecule has 1 saturated carbocycles. The average molecular weight is 650 g/mol. The van der Waals surface area contributed by atoms with Gasteiger partial charge in [-0.1, -0.05) is 130 Å². The highest BCUT2D eigenvalue weighted by molar-refractivity contribution is 5.94. The van der Waals surface area contributed by atoms with Crippen LogP contribution in [-0.4, -0.2) is 0 Å². The van der Waals surface area contributed by atoms with Gasteiger partial charge in [0.15, 0.2) is 0 Å². The number of fused-ring (bicyclic) bond motifs is 4. The highest BCUT2D eigenvalue weighted by atomic mass is 15.1. The summed E-state index contributed by atoms with van der Waals surface area (Å²) in [7, 11) is 0. The van der Waals surface area contributed by atoms with E-state index in [4.69, 9.17) is 0 Å². The van der Waals surface area contributed by atoms with Crippen molar-refractivity contribution in [2.45, 2.75) is 83.0 Å². The predicted octanol–water partition coefficient (Wildman–Crippen LogP) is 13.7. The largest absolute Gasteiger partial charge is 0.310 e. The van der Waals surface area contributed by atoms with Gasteiger partial charge in [0.2, 0.25) is 0 Å². The number of rotatable bonds is 6. The van der Waals surface area contributed by atoms with Crippen molar-refractivity contribution in [3.05, 3.63) is 161 Å². The van der Waals surface area contributed by atoms with Crippen molar-refractivity contribution in [1.82, 2.24) is 0 Å². The molecule has 0 saturated heterocycles. The van der Waals surface area contributed by atoms with Crippen LogP contribution in [0.25, 0.3) is 33.4 Å². The molecular weight excluding hydrogens is 603 g/mol. The van der Waals surface area contributed by atoms with Crippen molar-refractivity contribution in [2.24, 2.45) is 0 Å². The summed E-state index contributed by atoms with van der Waals surface area (Å²) in [5.41, 5.74) is 18.8. The molecule has 50 heavy (non-hydrogen) atoms. The first-order chi connectivity index (χ1) is 24.5. The normalized spacial score (nSPS) is 16.4. The maximum Gasteiger partial charge on any atom is 0.0465 e. The Morgan fingerprint density at radius 2 is 1.16 bits per heavy atom. The molecule has 1 heteroatoms. The zero-order valence-electron chi connectivity index (χ0n) is 29.6. The van der Waals surface area contributed by atoms with Crippen LogP contribution in [0.4, 0.5) is 17.1 Å². The van der Waals surface area contributed by atoms with E-state index in [0.717, 1.165) is 0 Å². The lowest BCUT2D eigenvalue weighted by molar-refractivity contribution is 0.443. The Balaban J connectivity index is 1.13. The number of hydrogen-bond donors (Lipinski definition) is 0. The van der Waals surface area contributed by atoms with E-state index < -0.39 is 0 Å². The van der Waals surface area contributed by atoms with Gasteiger partial charge < -0.3 is 4.90 Å². The third kappa shape index (κ3) is 5.48. The number of aryl methyl sites for hydroxylation is 2. The molecule has 0 bridgehead atoms. The van der Waals surface area contributed by atoms with Crippen molar-refractivity contribution in [2.75, 3.05) is 4.90 Å². The number of hydrogen-bond acceptors (Lipinski definition) is 1. The van der Waals surface area contributed by atoms with Gasteiger partial charge >= 0.3 is 0 Å². The SMILES string of the molecule is CC1(C)c2cc(N(c3ccc(-c4ccc5c(c4)CCCC5)cc3)c3ccc(C4CCCCC4)cc3)ccc2-c2c(-c3ccccc3)cccc21. The van der Waals surface area contributed by atoms with E-state index in [2.05, 4.69) is 152 Å². The molecule has 0 aromatic heterocycles. The smallest absolute Gasteiger partial charge is 0.0465 e. The van der Waals surface area contributed by atoms with Gasteiger partial charge in [-0.05, 0) is 142 Å². The standard InChI is InChI=1S/C49H47N/c1-49(2)46-19-11-18-44(38-15-7-4-8-16-38)48(46)45-31-30-43(33-47(45)49)50(41-26-22-36(23-27-41)34-12-5-3-6-13-34)42-28-24-37(25-29-42)40-21-20-35-14-9-10-17-39(35)32-40/h4,7-8,11,15-16,18-34H,3,5-6,9-10,12-14,17H2,1-2H3. The molecule has 0 N–H and O–H groups in total. The summed E-state index contributed by atoms with van der Waals surface area (Å²) in [6.07, 6.45) is 11.8. The fourth-order valence-corrected chi connectivity index (χ4v) is 9.27. The lowest BCUT2D eigenvalue weighted by atomic mass is 9.81. The minimum Gasteiger partial charge on any atom is -0.310 e. The third-order valence-corrected chi connectivity index (χ3v) is 12.1. The average Bonchev–Trinajstić information content (AvgIpc) is 3.41. The van der Waals surface area contributed by atoms with Crippen molar-refractivity contribution in [1.29, 1.82) is 0 Å². The zero-order valence-corrected chi connectivity index (χ0v) is 29.6. The minimum absolute atomic E-state index is 0.113. The first-order valence-electron chi connectivity index (χ1n) is 19.0. The predicted molar refractivity (Wildman–Crippen MR) is 212 cm³/mol. The molecule has 1 fully saturated rings.